The number of benzene rings is 2. The lowest BCUT2D eigenvalue weighted by Crippen LogP contribution is -2.25. The van der Waals surface area contributed by atoms with Crippen LogP contribution in [0.1, 0.15) is 29.3 Å². The molecule has 0 saturated carbocycles. The van der Waals surface area contributed by atoms with E-state index < -0.39 is 0 Å². The monoisotopic (exact) mass is 393 g/mol. The largest absolute Gasteiger partial charge is 0.382 e. The van der Waals surface area contributed by atoms with Crippen LogP contribution in [0.3, 0.4) is 0 Å². The predicted octanol–water partition coefficient (Wildman–Crippen LogP) is 4.68. The van der Waals surface area contributed by atoms with Crippen LogP contribution in [-0.4, -0.2) is 35.1 Å². The zero-order chi connectivity index (χ0) is 19.5. The molecule has 4 aromatic rings. The van der Waals surface area contributed by atoms with Gasteiger partial charge in [-0.1, -0.05) is 41.2 Å². The van der Waals surface area contributed by atoms with Crippen molar-refractivity contribution in [2.45, 2.75) is 20.3 Å². The Labute approximate surface area is 168 Å². The van der Waals surface area contributed by atoms with E-state index in [0.29, 0.717) is 25.3 Å². The third-order valence-corrected chi connectivity index (χ3v) is 5.68. The zero-order valence-electron chi connectivity index (χ0n) is 16.1. The molecule has 0 unspecified atom stereocenters. The van der Waals surface area contributed by atoms with Gasteiger partial charge < -0.3 is 10.1 Å². The third-order valence-electron chi connectivity index (χ3n) is 4.66. The number of amides is 1. The lowest BCUT2D eigenvalue weighted by atomic mass is 10.1. The molecule has 0 aliphatic carbocycles. The van der Waals surface area contributed by atoms with Crippen LogP contribution in [0.2, 0.25) is 0 Å². The quantitative estimate of drug-likeness (QED) is 0.464. The molecule has 0 aliphatic heterocycles. The number of rotatable bonds is 7. The summed E-state index contributed by atoms with van der Waals surface area (Å²) in [6, 6.07) is 14.2. The molecule has 0 atom stereocenters. The van der Waals surface area contributed by atoms with Crippen molar-refractivity contribution in [3.63, 3.8) is 0 Å². The molecule has 28 heavy (non-hydrogen) atoms. The minimum Gasteiger partial charge on any atom is -0.382 e. The summed E-state index contributed by atoms with van der Waals surface area (Å²) in [4.78, 5) is 18.1. The number of carbonyl (C=O) groups excluding carboxylic acids is 1. The number of nitrogens with zero attached hydrogens (tertiary/aromatic N) is 2. The first-order chi connectivity index (χ1) is 13.7. The van der Waals surface area contributed by atoms with Crippen LogP contribution in [0.25, 0.3) is 26.4 Å². The van der Waals surface area contributed by atoms with E-state index in [0.717, 1.165) is 32.9 Å². The Morgan fingerprint density at radius 3 is 2.82 bits per heavy atom. The van der Waals surface area contributed by atoms with Crippen LogP contribution < -0.4 is 5.32 Å². The molecule has 5 nitrogen and oxygen atoms in total. The van der Waals surface area contributed by atoms with Crippen molar-refractivity contribution in [1.82, 2.24) is 14.7 Å². The molecule has 0 radical (unpaired) electrons. The van der Waals surface area contributed by atoms with Gasteiger partial charge in [-0.3, -0.25) is 9.20 Å². The highest BCUT2D eigenvalue weighted by Gasteiger charge is 2.13. The number of aryl methyl sites for hydroxylation is 1. The van der Waals surface area contributed by atoms with Crippen molar-refractivity contribution in [2.24, 2.45) is 0 Å². The van der Waals surface area contributed by atoms with E-state index in [2.05, 4.69) is 47.1 Å². The Morgan fingerprint density at radius 1 is 1.21 bits per heavy atom. The Kier molecular flexibility index (Phi) is 5.41. The molecule has 0 saturated heterocycles. The Bertz CT molecular complexity index is 1110. The van der Waals surface area contributed by atoms with Crippen LogP contribution in [0.5, 0.6) is 0 Å². The molecule has 0 spiro atoms. The van der Waals surface area contributed by atoms with E-state index >= 15 is 0 Å². The Morgan fingerprint density at radius 2 is 2.04 bits per heavy atom. The Hall–Kier alpha value is -2.70. The summed E-state index contributed by atoms with van der Waals surface area (Å²) in [5.74, 6) is -0.0511. The minimum atomic E-state index is -0.0511. The number of hydrogen-bond acceptors (Lipinski definition) is 4. The van der Waals surface area contributed by atoms with Gasteiger partial charge in [0, 0.05) is 37.1 Å². The summed E-state index contributed by atoms with van der Waals surface area (Å²) >= 11 is 1.60. The fraction of sp³-hybridized carbons (Fsp3) is 0.273. The highest BCUT2D eigenvalue weighted by Crippen LogP contribution is 2.30. The van der Waals surface area contributed by atoms with E-state index in [1.807, 2.05) is 25.1 Å². The maximum Gasteiger partial charge on any atom is 0.251 e. The summed E-state index contributed by atoms with van der Waals surface area (Å²) in [5, 5.41) is 2.95. The average Bonchev–Trinajstić information content (AvgIpc) is 3.25. The van der Waals surface area contributed by atoms with Crippen molar-refractivity contribution < 1.29 is 9.53 Å². The van der Waals surface area contributed by atoms with E-state index in [-0.39, 0.29) is 5.91 Å². The van der Waals surface area contributed by atoms with Crippen molar-refractivity contribution in [3.05, 3.63) is 59.8 Å². The molecule has 2 heterocycles. The topological polar surface area (TPSA) is 55.6 Å². The number of hydrogen-bond donors (Lipinski definition) is 1. The summed E-state index contributed by atoms with van der Waals surface area (Å²) in [7, 11) is 0. The van der Waals surface area contributed by atoms with E-state index in [4.69, 9.17) is 9.72 Å². The Balaban J connectivity index is 1.54. The number of aromatic nitrogens is 2. The smallest absolute Gasteiger partial charge is 0.251 e. The summed E-state index contributed by atoms with van der Waals surface area (Å²) in [5.41, 5.74) is 5.05. The fourth-order valence-electron chi connectivity index (χ4n) is 3.13. The predicted molar refractivity (Wildman–Crippen MR) is 114 cm³/mol. The fourth-order valence-corrected chi connectivity index (χ4v) is 4.18. The molecule has 2 aromatic carbocycles. The van der Waals surface area contributed by atoms with Crippen molar-refractivity contribution in [1.29, 1.82) is 0 Å². The van der Waals surface area contributed by atoms with Gasteiger partial charge >= 0.3 is 0 Å². The van der Waals surface area contributed by atoms with E-state index in [9.17, 15) is 4.79 Å². The van der Waals surface area contributed by atoms with E-state index in [1.54, 1.807) is 11.3 Å². The van der Waals surface area contributed by atoms with Crippen molar-refractivity contribution in [3.8, 4) is 11.3 Å². The SMILES string of the molecule is CCOCCCNC(=O)c1ccc2c(c1)sc1nc(-c3ccc(C)cc3)cn12. The zero-order valence-corrected chi connectivity index (χ0v) is 16.9. The molecule has 2 aromatic heterocycles. The lowest BCUT2D eigenvalue weighted by Gasteiger charge is -2.05. The first-order valence-electron chi connectivity index (χ1n) is 9.50. The standard InChI is InChI=1S/C22H23N3O2S/c1-3-27-12-4-11-23-21(26)17-9-10-19-20(13-17)28-22-24-18(14-25(19)22)16-7-5-15(2)6-8-16/h5-10,13-14H,3-4,11-12H2,1-2H3,(H,23,26). The van der Waals surface area contributed by atoms with Gasteiger partial charge in [-0.25, -0.2) is 4.98 Å². The third kappa shape index (κ3) is 3.79. The molecule has 0 bridgehead atoms. The first kappa shape index (κ1) is 18.7. The molecule has 0 aliphatic rings. The number of fused-ring (bicyclic) bond motifs is 3. The minimum absolute atomic E-state index is 0.0511. The van der Waals surface area contributed by atoms with Gasteiger partial charge in [0.15, 0.2) is 4.96 Å². The highest BCUT2D eigenvalue weighted by atomic mass is 32.1. The van der Waals surface area contributed by atoms with Crippen LogP contribution >= 0.6 is 11.3 Å². The van der Waals surface area contributed by atoms with E-state index in [1.165, 1.54) is 5.56 Å². The summed E-state index contributed by atoms with van der Waals surface area (Å²) in [6.07, 6.45) is 2.88. The first-order valence-corrected chi connectivity index (χ1v) is 10.3. The van der Waals surface area contributed by atoms with Gasteiger partial charge in [0.1, 0.15) is 0 Å². The maximum atomic E-state index is 12.4. The van der Waals surface area contributed by atoms with Crippen LogP contribution in [0.15, 0.2) is 48.7 Å². The molecule has 0 fully saturated rings. The number of nitrogens with one attached hydrogen (secondary N) is 1. The van der Waals surface area contributed by atoms with Crippen LogP contribution in [0.4, 0.5) is 0 Å². The summed E-state index contributed by atoms with van der Waals surface area (Å²) in [6.45, 7) is 6.04. The maximum absolute atomic E-state index is 12.4. The number of carbonyl (C=O) groups is 1. The second-order valence-electron chi connectivity index (χ2n) is 6.74. The molecular formula is C22H23N3O2S. The van der Waals surface area contributed by atoms with Gasteiger partial charge in [-0.15, -0.1) is 0 Å². The van der Waals surface area contributed by atoms with Gasteiger partial charge in [-0.05, 0) is 38.5 Å². The van der Waals surface area contributed by atoms with Gasteiger partial charge in [-0.2, -0.15) is 0 Å². The van der Waals surface area contributed by atoms with Crippen LogP contribution in [-0.2, 0) is 4.74 Å². The molecule has 1 amide bonds. The lowest BCUT2D eigenvalue weighted by molar-refractivity contribution is 0.0944. The second kappa shape index (κ2) is 8.12. The van der Waals surface area contributed by atoms with Crippen molar-refractivity contribution >= 4 is 32.4 Å². The van der Waals surface area contributed by atoms with Gasteiger partial charge in [0.2, 0.25) is 0 Å². The second-order valence-corrected chi connectivity index (χ2v) is 7.74. The van der Waals surface area contributed by atoms with Gasteiger partial charge in [0.25, 0.3) is 5.91 Å². The average molecular weight is 394 g/mol. The highest BCUT2D eigenvalue weighted by molar-refractivity contribution is 7.23. The molecule has 4 rings (SSSR count). The van der Waals surface area contributed by atoms with Crippen molar-refractivity contribution in [2.75, 3.05) is 19.8 Å². The molecule has 144 valence electrons. The molecule has 6 heteroatoms. The summed E-state index contributed by atoms with van der Waals surface area (Å²) < 4.78 is 8.44. The number of imidazole rings is 1. The van der Waals surface area contributed by atoms with Gasteiger partial charge in [0.05, 0.1) is 15.9 Å². The number of thiazole rings is 1. The molecular weight excluding hydrogens is 370 g/mol. The van der Waals surface area contributed by atoms with Crippen LogP contribution in [0, 0.1) is 6.92 Å². The normalized spacial score (nSPS) is 11.4. The number of ether oxygens (including phenoxy) is 1. The molecule has 1 N–H and O–H groups in total.